The number of piperidine rings is 1. The van der Waals surface area contributed by atoms with Gasteiger partial charge in [-0.15, -0.1) is 0 Å². The van der Waals surface area contributed by atoms with Crippen LogP contribution in [0.3, 0.4) is 0 Å². The second-order valence-corrected chi connectivity index (χ2v) is 6.29. The highest BCUT2D eigenvalue weighted by Crippen LogP contribution is 2.31. The van der Waals surface area contributed by atoms with E-state index in [4.69, 9.17) is 22.1 Å². The molecule has 0 saturated carbocycles. The molecule has 0 bridgehead atoms. The number of anilines is 1. The number of nitrogens with zero attached hydrogens (tertiary/aromatic N) is 1. The summed E-state index contributed by atoms with van der Waals surface area (Å²) in [5, 5.41) is 0.772. The summed E-state index contributed by atoms with van der Waals surface area (Å²) in [5.41, 5.74) is 8.75. The summed E-state index contributed by atoms with van der Waals surface area (Å²) in [6.07, 6.45) is 1.00. The number of hydrogen-bond acceptors (Lipinski definition) is 3. The van der Waals surface area contributed by atoms with Crippen LogP contribution < -0.4 is 15.4 Å². The average Bonchev–Trinajstić information content (AvgIpc) is 2.55. The normalized spacial score (nSPS) is 21.7. The molecule has 1 heterocycles. The molecule has 3 rings (SSSR count). The van der Waals surface area contributed by atoms with E-state index in [-0.39, 0.29) is 6.04 Å². The van der Waals surface area contributed by atoms with Crippen molar-refractivity contribution in [3.8, 4) is 5.75 Å². The van der Waals surface area contributed by atoms with Crippen LogP contribution in [0.25, 0.3) is 0 Å². The summed E-state index contributed by atoms with van der Waals surface area (Å²) in [5.74, 6) is 1.30. The van der Waals surface area contributed by atoms with E-state index in [9.17, 15) is 0 Å². The van der Waals surface area contributed by atoms with Gasteiger partial charge in [0.05, 0.1) is 7.11 Å². The zero-order chi connectivity index (χ0) is 15.5. The highest BCUT2D eigenvalue weighted by Gasteiger charge is 2.26. The molecular formula is C18H21ClN2O. The van der Waals surface area contributed by atoms with Gasteiger partial charge >= 0.3 is 0 Å². The van der Waals surface area contributed by atoms with Crippen molar-refractivity contribution in [2.75, 3.05) is 25.1 Å². The number of nitrogens with two attached hydrogens (primary N) is 1. The Morgan fingerprint density at radius 2 is 1.91 bits per heavy atom. The van der Waals surface area contributed by atoms with E-state index in [1.807, 2.05) is 24.3 Å². The molecule has 116 valence electrons. The first-order chi connectivity index (χ1) is 10.7. The van der Waals surface area contributed by atoms with Gasteiger partial charge in [0.1, 0.15) is 5.75 Å². The van der Waals surface area contributed by atoms with E-state index >= 15 is 0 Å². The molecule has 1 fully saturated rings. The SMILES string of the molecule is COc1cccc(N2CC(N)CC(c3ccc(Cl)cc3)C2)c1. The molecule has 1 saturated heterocycles. The molecule has 0 radical (unpaired) electrons. The zero-order valence-corrected chi connectivity index (χ0v) is 13.5. The third kappa shape index (κ3) is 3.37. The van der Waals surface area contributed by atoms with Crippen LogP contribution in [0.5, 0.6) is 5.75 Å². The average molecular weight is 317 g/mol. The van der Waals surface area contributed by atoms with Crippen LogP contribution in [-0.4, -0.2) is 26.2 Å². The maximum atomic E-state index is 6.29. The number of hydrogen-bond donors (Lipinski definition) is 1. The maximum absolute atomic E-state index is 6.29. The standard InChI is InChI=1S/C18H21ClN2O/c1-22-18-4-2-3-17(10-18)21-11-14(9-16(20)12-21)13-5-7-15(19)8-6-13/h2-8,10,14,16H,9,11-12,20H2,1H3. The van der Waals surface area contributed by atoms with Crippen molar-refractivity contribution in [3.05, 3.63) is 59.1 Å². The lowest BCUT2D eigenvalue weighted by Gasteiger charge is -2.38. The lowest BCUT2D eigenvalue weighted by atomic mass is 9.88. The molecule has 4 heteroatoms. The van der Waals surface area contributed by atoms with Crippen molar-refractivity contribution in [1.29, 1.82) is 0 Å². The third-order valence-corrected chi connectivity index (χ3v) is 4.49. The second kappa shape index (κ2) is 6.59. The highest BCUT2D eigenvalue weighted by molar-refractivity contribution is 6.30. The van der Waals surface area contributed by atoms with Crippen molar-refractivity contribution in [3.63, 3.8) is 0 Å². The molecule has 0 aromatic heterocycles. The minimum Gasteiger partial charge on any atom is -0.497 e. The number of ether oxygens (including phenoxy) is 1. The summed E-state index contributed by atoms with van der Waals surface area (Å²) in [6, 6.07) is 16.4. The Morgan fingerprint density at radius 3 is 2.64 bits per heavy atom. The third-order valence-electron chi connectivity index (χ3n) is 4.24. The van der Waals surface area contributed by atoms with Crippen LogP contribution >= 0.6 is 11.6 Å². The lowest BCUT2D eigenvalue weighted by molar-refractivity contribution is 0.413. The quantitative estimate of drug-likeness (QED) is 0.939. The van der Waals surface area contributed by atoms with E-state index in [1.165, 1.54) is 5.56 Å². The highest BCUT2D eigenvalue weighted by atomic mass is 35.5. The molecule has 2 N–H and O–H groups in total. The summed E-state index contributed by atoms with van der Waals surface area (Å²) >= 11 is 5.99. The van der Waals surface area contributed by atoms with E-state index < -0.39 is 0 Å². The zero-order valence-electron chi connectivity index (χ0n) is 12.7. The van der Waals surface area contributed by atoms with E-state index in [0.29, 0.717) is 5.92 Å². The molecule has 1 aliphatic rings. The summed E-state index contributed by atoms with van der Waals surface area (Å²) < 4.78 is 5.32. The molecule has 0 amide bonds. The smallest absolute Gasteiger partial charge is 0.120 e. The number of benzene rings is 2. The van der Waals surface area contributed by atoms with Crippen LogP contribution in [0.4, 0.5) is 5.69 Å². The lowest BCUT2D eigenvalue weighted by Crippen LogP contribution is -2.46. The number of halogens is 1. The van der Waals surface area contributed by atoms with Crippen LogP contribution in [0.2, 0.25) is 5.02 Å². The molecule has 2 atom stereocenters. The van der Waals surface area contributed by atoms with Crippen molar-refractivity contribution in [2.45, 2.75) is 18.4 Å². The van der Waals surface area contributed by atoms with Crippen LogP contribution in [0.1, 0.15) is 17.9 Å². The number of rotatable bonds is 3. The second-order valence-electron chi connectivity index (χ2n) is 5.85. The summed E-state index contributed by atoms with van der Waals surface area (Å²) in [7, 11) is 1.69. The molecular weight excluding hydrogens is 296 g/mol. The minimum atomic E-state index is 0.167. The molecule has 3 nitrogen and oxygen atoms in total. The predicted octanol–water partition coefficient (Wildman–Crippen LogP) is 3.67. The Bertz CT molecular complexity index is 629. The fourth-order valence-corrected chi connectivity index (χ4v) is 3.26. The monoisotopic (exact) mass is 316 g/mol. The molecule has 0 spiro atoms. The maximum Gasteiger partial charge on any atom is 0.120 e. The molecule has 2 unspecified atom stereocenters. The van der Waals surface area contributed by atoms with Gasteiger partial charge in [-0.3, -0.25) is 0 Å². The van der Waals surface area contributed by atoms with Gasteiger partial charge in [0, 0.05) is 41.8 Å². The van der Waals surface area contributed by atoms with E-state index in [2.05, 4.69) is 29.2 Å². The van der Waals surface area contributed by atoms with Crippen LogP contribution in [0.15, 0.2) is 48.5 Å². The van der Waals surface area contributed by atoms with Gasteiger partial charge in [0.15, 0.2) is 0 Å². The van der Waals surface area contributed by atoms with Crippen LogP contribution in [-0.2, 0) is 0 Å². The largest absolute Gasteiger partial charge is 0.497 e. The molecule has 1 aliphatic heterocycles. The van der Waals surface area contributed by atoms with Gasteiger partial charge in [0.25, 0.3) is 0 Å². The Hall–Kier alpha value is -1.71. The minimum absolute atomic E-state index is 0.167. The van der Waals surface area contributed by atoms with Gasteiger partial charge in [0.2, 0.25) is 0 Å². The summed E-state index contributed by atoms with van der Waals surface area (Å²) in [4.78, 5) is 2.34. The Kier molecular flexibility index (Phi) is 4.55. The molecule has 22 heavy (non-hydrogen) atoms. The Labute approximate surface area is 136 Å². The van der Waals surface area contributed by atoms with Gasteiger partial charge < -0.3 is 15.4 Å². The van der Waals surface area contributed by atoms with E-state index in [0.717, 1.165) is 36.0 Å². The number of methoxy groups -OCH3 is 1. The van der Waals surface area contributed by atoms with Gasteiger partial charge in [-0.1, -0.05) is 29.8 Å². The van der Waals surface area contributed by atoms with Crippen molar-refractivity contribution >= 4 is 17.3 Å². The first kappa shape index (κ1) is 15.2. The fraction of sp³-hybridized carbons (Fsp3) is 0.333. The van der Waals surface area contributed by atoms with Crippen molar-refractivity contribution in [2.24, 2.45) is 5.73 Å². The van der Waals surface area contributed by atoms with Gasteiger partial charge in [-0.2, -0.15) is 0 Å². The molecule has 2 aromatic carbocycles. The Morgan fingerprint density at radius 1 is 1.14 bits per heavy atom. The fourth-order valence-electron chi connectivity index (χ4n) is 3.13. The Balaban J connectivity index is 1.82. The first-order valence-corrected chi connectivity index (χ1v) is 7.93. The van der Waals surface area contributed by atoms with Crippen LogP contribution in [0, 0.1) is 0 Å². The predicted molar refractivity (Wildman–Crippen MR) is 92.0 cm³/mol. The molecule has 0 aliphatic carbocycles. The van der Waals surface area contributed by atoms with Crippen molar-refractivity contribution in [1.82, 2.24) is 0 Å². The first-order valence-electron chi connectivity index (χ1n) is 7.56. The summed E-state index contributed by atoms with van der Waals surface area (Å²) in [6.45, 7) is 1.83. The molecule has 2 aromatic rings. The van der Waals surface area contributed by atoms with E-state index in [1.54, 1.807) is 7.11 Å². The topological polar surface area (TPSA) is 38.5 Å². The van der Waals surface area contributed by atoms with Gasteiger partial charge in [-0.25, -0.2) is 0 Å². The van der Waals surface area contributed by atoms with Gasteiger partial charge in [-0.05, 0) is 36.2 Å². The van der Waals surface area contributed by atoms with Crippen molar-refractivity contribution < 1.29 is 4.74 Å².